The second kappa shape index (κ2) is 9.36. The maximum atomic E-state index is 13.1. The summed E-state index contributed by atoms with van der Waals surface area (Å²) in [5.74, 6) is 0.606. The van der Waals surface area contributed by atoms with Gasteiger partial charge in [-0.3, -0.25) is 14.6 Å². The van der Waals surface area contributed by atoms with E-state index in [2.05, 4.69) is 30.5 Å². The molecule has 0 aliphatic carbocycles. The van der Waals surface area contributed by atoms with Crippen molar-refractivity contribution >= 4 is 11.6 Å². The second-order valence-corrected chi connectivity index (χ2v) is 6.60. The third-order valence-corrected chi connectivity index (χ3v) is 4.87. The number of aromatic nitrogens is 2. The molecule has 3 rings (SSSR count). The lowest BCUT2D eigenvalue weighted by atomic mass is 10.2. The fraction of sp³-hybridized carbons (Fsp3) is 0.474. The molecule has 1 aliphatic rings. The first kappa shape index (κ1) is 19.2. The van der Waals surface area contributed by atoms with Crippen LogP contribution < -0.4 is 15.5 Å². The van der Waals surface area contributed by atoms with E-state index >= 15 is 0 Å². The largest absolute Gasteiger partial charge is 0.369 e. The Kier molecular flexibility index (Phi) is 6.64. The highest BCUT2D eigenvalue weighted by atomic mass is 19.1. The smallest absolute Gasteiger partial charge is 0.191 e. The van der Waals surface area contributed by atoms with E-state index in [4.69, 9.17) is 0 Å². The number of halogens is 1. The maximum absolute atomic E-state index is 13.1. The number of nitrogens with zero attached hydrogens (tertiary/aromatic N) is 5. The summed E-state index contributed by atoms with van der Waals surface area (Å²) in [4.78, 5) is 9.00. The normalized spacial score (nSPS) is 15.8. The fourth-order valence-electron chi connectivity index (χ4n) is 3.18. The molecule has 1 fully saturated rings. The lowest BCUT2D eigenvalue weighted by Gasteiger charge is -2.36. The Morgan fingerprint density at radius 2 is 1.85 bits per heavy atom. The monoisotopic (exact) mass is 373 g/mol. The van der Waals surface area contributed by atoms with Crippen molar-refractivity contribution in [1.29, 1.82) is 0 Å². The van der Waals surface area contributed by atoms with Gasteiger partial charge in [0.05, 0.1) is 12.2 Å². The van der Waals surface area contributed by atoms with Gasteiger partial charge in [0.15, 0.2) is 5.96 Å². The van der Waals surface area contributed by atoms with Crippen molar-refractivity contribution in [3.05, 3.63) is 48.0 Å². The number of hydrogen-bond donors (Lipinski definition) is 2. The van der Waals surface area contributed by atoms with E-state index < -0.39 is 0 Å². The molecule has 2 aromatic rings. The van der Waals surface area contributed by atoms with Crippen LogP contribution in [-0.2, 0) is 13.6 Å². The van der Waals surface area contributed by atoms with Crippen LogP contribution in [0.2, 0.25) is 0 Å². The molecule has 27 heavy (non-hydrogen) atoms. The Morgan fingerprint density at radius 3 is 2.48 bits per heavy atom. The number of aliphatic imine (C=N–C) groups is 1. The average Bonchev–Trinajstić information content (AvgIpc) is 3.10. The second-order valence-electron chi connectivity index (χ2n) is 6.60. The van der Waals surface area contributed by atoms with Gasteiger partial charge in [0.1, 0.15) is 5.82 Å². The Hall–Kier alpha value is -2.61. The summed E-state index contributed by atoms with van der Waals surface area (Å²) in [5, 5.41) is 10.8. The van der Waals surface area contributed by atoms with E-state index in [1.807, 2.05) is 29.9 Å². The van der Waals surface area contributed by atoms with Gasteiger partial charge in [0.2, 0.25) is 0 Å². The number of nitrogens with one attached hydrogen (secondary N) is 2. The molecule has 1 saturated heterocycles. The molecule has 0 unspecified atom stereocenters. The molecular weight excluding hydrogens is 345 g/mol. The van der Waals surface area contributed by atoms with Crippen LogP contribution in [0.5, 0.6) is 0 Å². The quantitative estimate of drug-likeness (QED) is 0.585. The molecule has 2 heterocycles. The van der Waals surface area contributed by atoms with Crippen LogP contribution >= 0.6 is 0 Å². The number of aryl methyl sites for hydroxylation is 1. The first-order valence-corrected chi connectivity index (χ1v) is 9.30. The lowest BCUT2D eigenvalue weighted by Crippen LogP contribution is -2.49. The van der Waals surface area contributed by atoms with Crippen LogP contribution in [0.15, 0.2) is 41.5 Å². The highest BCUT2D eigenvalue weighted by molar-refractivity contribution is 5.79. The Balaban J connectivity index is 1.35. The molecule has 1 aliphatic heterocycles. The molecule has 1 aromatic heterocycles. The number of benzene rings is 1. The number of anilines is 1. The van der Waals surface area contributed by atoms with Crippen molar-refractivity contribution in [2.75, 3.05) is 51.2 Å². The van der Waals surface area contributed by atoms with Crippen molar-refractivity contribution in [3.63, 3.8) is 0 Å². The fourth-order valence-corrected chi connectivity index (χ4v) is 3.18. The molecule has 0 saturated carbocycles. The molecule has 1 aromatic carbocycles. The van der Waals surface area contributed by atoms with Gasteiger partial charge in [0, 0.05) is 65.2 Å². The number of piperazine rings is 1. The minimum absolute atomic E-state index is 0.186. The summed E-state index contributed by atoms with van der Waals surface area (Å²) in [6, 6.07) is 8.74. The molecular formula is C19H28FN7. The van der Waals surface area contributed by atoms with E-state index in [0.29, 0.717) is 6.54 Å². The summed E-state index contributed by atoms with van der Waals surface area (Å²) in [7, 11) is 3.71. The van der Waals surface area contributed by atoms with E-state index in [9.17, 15) is 4.39 Å². The van der Waals surface area contributed by atoms with E-state index in [0.717, 1.165) is 56.6 Å². The SMILES string of the molecule is CN=C(NCCN1CCN(c2ccc(F)cc2)CC1)NCc1ccnn1C. The van der Waals surface area contributed by atoms with Crippen LogP contribution in [-0.4, -0.2) is 67.0 Å². The van der Waals surface area contributed by atoms with Gasteiger partial charge in [-0.15, -0.1) is 0 Å². The van der Waals surface area contributed by atoms with Gasteiger partial charge in [-0.25, -0.2) is 4.39 Å². The summed E-state index contributed by atoms with van der Waals surface area (Å²) in [5.41, 5.74) is 2.20. The summed E-state index contributed by atoms with van der Waals surface area (Å²) in [6.07, 6.45) is 1.79. The van der Waals surface area contributed by atoms with Crippen LogP contribution in [0.4, 0.5) is 10.1 Å². The van der Waals surface area contributed by atoms with Crippen LogP contribution in [0, 0.1) is 5.82 Å². The lowest BCUT2D eigenvalue weighted by molar-refractivity contribution is 0.261. The Labute approximate surface area is 159 Å². The zero-order chi connectivity index (χ0) is 19.1. The highest BCUT2D eigenvalue weighted by Gasteiger charge is 2.16. The Bertz CT molecular complexity index is 733. The van der Waals surface area contributed by atoms with Crippen molar-refractivity contribution in [3.8, 4) is 0 Å². The summed E-state index contributed by atoms with van der Waals surface area (Å²) >= 11 is 0. The first-order valence-electron chi connectivity index (χ1n) is 9.30. The molecule has 8 heteroatoms. The number of rotatable bonds is 6. The predicted octanol–water partition coefficient (Wildman–Crippen LogP) is 1.05. The molecule has 0 spiro atoms. The van der Waals surface area contributed by atoms with Crippen LogP contribution in [0.1, 0.15) is 5.69 Å². The number of guanidine groups is 1. The van der Waals surface area contributed by atoms with Gasteiger partial charge < -0.3 is 15.5 Å². The third kappa shape index (κ3) is 5.43. The zero-order valence-electron chi connectivity index (χ0n) is 16.0. The Morgan fingerprint density at radius 1 is 1.11 bits per heavy atom. The highest BCUT2D eigenvalue weighted by Crippen LogP contribution is 2.16. The molecule has 0 atom stereocenters. The standard InChI is InChI=1S/C19H28FN7/c1-21-19(23-15-18-7-8-24-25(18)2)22-9-10-26-11-13-27(14-12-26)17-5-3-16(20)4-6-17/h3-8H,9-15H2,1-2H3,(H2,21,22,23). The predicted molar refractivity (Wildman–Crippen MR) is 106 cm³/mol. The molecule has 0 radical (unpaired) electrons. The van der Waals surface area contributed by atoms with Crippen LogP contribution in [0.25, 0.3) is 0 Å². The van der Waals surface area contributed by atoms with Crippen molar-refractivity contribution < 1.29 is 4.39 Å². The van der Waals surface area contributed by atoms with Gasteiger partial charge >= 0.3 is 0 Å². The van der Waals surface area contributed by atoms with Gasteiger partial charge in [0.25, 0.3) is 0 Å². The molecule has 146 valence electrons. The van der Waals surface area contributed by atoms with Crippen molar-refractivity contribution in [2.45, 2.75) is 6.54 Å². The first-order chi connectivity index (χ1) is 13.2. The van der Waals surface area contributed by atoms with Gasteiger partial charge in [-0.1, -0.05) is 0 Å². The topological polar surface area (TPSA) is 60.7 Å². The van der Waals surface area contributed by atoms with Gasteiger partial charge in [-0.05, 0) is 30.3 Å². The van der Waals surface area contributed by atoms with Crippen LogP contribution in [0.3, 0.4) is 0 Å². The van der Waals surface area contributed by atoms with E-state index in [1.165, 1.54) is 12.1 Å². The van der Waals surface area contributed by atoms with Gasteiger partial charge in [-0.2, -0.15) is 5.10 Å². The molecule has 0 amide bonds. The van der Waals surface area contributed by atoms with E-state index in [-0.39, 0.29) is 5.82 Å². The average molecular weight is 373 g/mol. The molecule has 7 nitrogen and oxygen atoms in total. The number of hydrogen-bond acceptors (Lipinski definition) is 4. The van der Waals surface area contributed by atoms with Crippen molar-refractivity contribution in [1.82, 2.24) is 25.3 Å². The zero-order valence-corrected chi connectivity index (χ0v) is 16.0. The molecule has 2 N–H and O–H groups in total. The summed E-state index contributed by atoms with van der Waals surface area (Å²) in [6.45, 7) is 6.40. The molecule has 0 bridgehead atoms. The van der Waals surface area contributed by atoms with E-state index in [1.54, 1.807) is 13.2 Å². The minimum Gasteiger partial charge on any atom is -0.369 e. The van der Waals surface area contributed by atoms with Crippen molar-refractivity contribution in [2.24, 2.45) is 12.0 Å². The third-order valence-electron chi connectivity index (χ3n) is 4.87. The summed E-state index contributed by atoms with van der Waals surface area (Å²) < 4.78 is 14.9. The minimum atomic E-state index is -0.186. The maximum Gasteiger partial charge on any atom is 0.191 e.